The lowest BCUT2D eigenvalue weighted by Crippen LogP contribution is -2.51. The van der Waals surface area contributed by atoms with Crippen molar-refractivity contribution >= 4 is 11.6 Å². The van der Waals surface area contributed by atoms with Gasteiger partial charge < -0.3 is 15.0 Å². The molecule has 1 aliphatic heterocycles. The number of para-hydroxylation sites is 2. The van der Waals surface area contributed by atoms with Crippen LogP contribution in [0.15, 0.2) is 60.9 Å². The number of carbonyl (C=O) groups excluding carboxylic acids is 1. The summed E-state index contributed by atoms with van der Waals surface area (Å²) in [4.78, 5) is 15.0. The SMILES string of the molecule is CCCC(CC)NC(=O)C1CN(Cc2ccc(-n3cccn3)cc2F)c2ccccc2O1. The normalized spacial score (nSPS) is 16.2. The standard InChI is InChI=1S/C25H29FN4O2/c1-3-8-19(4-2)28-25(31)24-17-29(22-9-5-6-10-23(22)32-24)16-18-11-12-20(15-21(18)26)30-14-7-13-27-30/h5-7,9-15,19,24H,3-4,8,16-17H2,1-2H3,(H,28,31). The van der Waals surface area contributed by atoms with E-state index >= 15 is 0 Å². The van der Waals surface area contributed by atoms with Gasteiger partial charge in [-0.3, -0.25) is 4.79 Å². The van der Waals surface area contributed by atoms with Crippen molar-refractivity contribution in [3.05, 3.63) is 72.3 Å². The second-order valence-electron chi connectivity index (χ2n) is 8.08. The number of fused-ring (bicyclic) bond motifs is 1. The van der Waals surface area contributed by atoms with Crippen LogP contribution >= 0.6 is 0 Å². The first-order chi connectivity index (χ1) is 15.6. The molecule has 0 saturated carbocycles. The summed E-state index contributed by atoms with van der Waals surface area (Å²) in [5.74, 6) is 0.201. The zero-order chi connectivity index (χ0) is 22.5. The van der Waals surface area contributed by atoms with Crippen LogP contribution < -0.4 is 15.0 Å². The lowest BCUT2D eigenvalue weighted by atomic mass is 10.1. The third kappa shape index (κ3) is 4.77. The number of benzene rings is 2. The maximum Gasteiger partial charge on any atom is 0.263 e. The summed E-state index contributed by atoms with van der Waals surface area (Å²) in [6, 6.07) is 14.6. The third-order valence-electron chi connectivity index (χ3n) is 5.80. The minimum atomic E-state index is -0.651. The number of ether oxygens (including phenoxy) is 1. The van der Waals surface area contributed by atoms with Gasteiger partial charge in [0, 0.05) is 30.5 Å². The van der Waals surface area contributed by atoms with Crippen LogP contribution in [-0.2, 0) is 11.3 Å². The van der Waals surface area contributed by atoms with E-state index in [1.807, 2.05) is 35.2 Å². The monoisotopic (exact) mass is 436 g/mol. The van der Waals surface area contributed by atoms with Gasteiger partial charge in [-0.2, -0.15) is 5.10 Å². The van der Waals surface area contributed by atoms with Gasteiger partial charge in [0.15, 0.2) is 6.10 Å². The fourth-order valence-corrected chi connectivity index (χ4v) is 4.05. The quantitative estimate of drug-likeness (QED) is 0.566. The predicted molar refractivity (Wildman–Crippen MR) is 123 cm³/mol. The summed E-state index contributed by atoms with van der Waals surface area (Å²) in [5, 5.41) is 7.27. The lowest BCUT2D eigenvalue weighted by molar-refractivity contribution is -0.128. The van der Waals surface area contributed by atoms with E-state index in [0.717, 1.165) is 24.9 Å². The van der Waals surface area contributed by atoms with Gasteiger partial charge in [0.2, 0.25) is 0 Å². The highest BCUT2D eigenvalue weighted by Gasteiger charge is 2.31. The van der Waals surface area contributed by atoms with Crippen molar-refractivity contribution in [2.75, 3.05) is 11.4 Å². The Labute approximate surface area is 188 Å². The van der Waals surface area contributed by atoms with Crippen molar-refractivity contribution in [3.8, 4) is 11.4 Å². The molecule has 2 aromatic carbocycles. The molecule has 0 radical (unpaired) electrons. The van der Waals surface area contributed by atoms with Gasteiger partial charge in [0.25, 0.3) is 5.91 Å². The Hall–Kier alpha value is -3.35. The molecule has 2 unspecified atom stereocenters. The Bertz CT molecular complexity index is 1050. The molecule has 2 atom stereocenters. The molecule has 0 fully saturated rings. The van der Waals surface area contributed by atoms with E-state index in [0.29, 0.717) is 30.1 Å². The zero-order valence-electron chi connectivity index (χ0n) is 18.5. The molecule has 6 nitrogen and oxygen atoms in total. The van der Waals surface area contributed by atoms with Crippen LogP contribution in [0.1, 0.15) is 38.7 Å². The van der Waals surface area contributed by atoms with Crippen molar-refractivity contribution in [1.82, 2.24) is 15.1 Å². The van der Waals surface area contributed by atoms with Crippen LogP contribution in [0.3, 0.4) is 0 Å². The number of carbonyl (C=O) groups is 1. The Morgan fingerprint density at radius 3 is 2.81 bits per heavy atom. The smallest absolute Gasteiger partial charge is 0.263 e. The molecule has 0 spiro atoms. The van der Waals surface area contributed by atoms with Crippen molar-refractivity contribution in [2.24, 2.45) is 0 Å². The van der Waals surface area contributed by atoms with Gasteiger partial charge in [-0.25, -0.2) is 9.07 Å². The molecule has 4 rings (SSSR count). The number of anilines is 1. The summed E-state index contributed by atoms with van der Waals surface area (Å²) in [6.07, 6.45) is 5.60. The number of halogens is 1. The minimum absolute atomic E-state index is 0.126. The van der Waals surface area contributed by atoms with Crippen LogP contribution in [0.4, 0.5) is 10.1 Å². The largest absolute Gasteiger partial charge is 0.477 e. The molecular weight excluding hydrogens is 407 g/mol. The van der Waals surface area contributed by atoms with Gasteiger partial charge >= 0.3 is 0 Å². The van der Waals surface area contributed by atoms with Crippen molar-refractivity contribution < 1.29 is 13.9 Å². The minimum Gasteiger partial charge on any atom is -0.477 e. The number of aromatic nitrogens is 2. The average Bonchev–Trinajstić information content (AvgIpc) is 3.35. The van der Waals surface area contributed by atoms with E-state index in [9.17, 15) is 9.18 Å². The summed E-state index contributed by atoms with van der Waals surface area (Å²) in [7, 11) is 0. The summed E-state index contributed by atoms with van der Waals surface area (Å²) >= 11 is 0. The van der Waals surface area contributed by atoms with Gasteiger partial charge in [-0.15, -0.1) is 0 Å². The van der Waals surface area contributed by atoms with Gasteiger partial charge in [-0.05, 0) is 43.2 Å². The third-order valence-corrected chi connectivity index (χ3v) is 5.80. The maximum absolute atomic E-state index is 15.0. The Morgan fingerprint density at radius 1 is 1.25 bits per heavy atom. The number of rotatable bonds is 8. The lowest BCUT2D eigenvalue weighted by Gasteiger charge is -2.36. The molecule has 1 N–H and O–H groups in total. The Kier molecular flexibility index (Phi) is 6.73. The fraction of sp³-hybridized carbons (Fsp3) is 0.360. The van der Waals surface area contributed by atoms with Crippen LogP contribution in [0, 0.1) is 5.82 Å². The number of nitrogens with one attached hydrogen (secondary N) is 1. The van der Waals surface area contributed by atoms with E-state index in [2.05, 4.69) is 24.3 Å². The van der Waals surface area contributed by atoms with Crippen LogP contribution in [0.5, 0.6) is 5.75 Å². The summed E-state index contributed by atoms with van der Waals surface area (Å²) < 4.78 is 22.6. The van der Waals surface area contributed by atoms with Gasteiger partial charge in [0.1, 0.15) is 11.6 Å². The molecule has 1 amide bonds. The Morgan fingerprint density at radius 2 is 2.09 bits per heavy atom. The number of nitrogens with zero attached hydrogens (tertiary/aromatic N) is 3. The molecular formula is C25H29FN4O2. The van der Waals surface area contributed by atoms with Crippen LogP contribution in [0.25, 0.3) is 5.69 Å². The highest BCUT2D eigenvalue weighted by Crippen LogP contribution is 2.34. The van der Waals surface area contributed by atoms with E-state index in [1.54, 1.807) is 29.2 Å². The number of amides is 1. The van der Waals surface area contributed by atoms with Gasteiger partial charge in [-0.1, -0.05) is 38.5 Å². The Balaban J connectivity index is 1.54. The molecule has 1 aliphatic rings. The van der Waals surface area contributed by atoms with E-state index in [1.165, 1.54) is 6.07 Å². The highest BCUT2D eigenvalue weighted by atomic mass is 19.1. The molecule has 3 aromatic rings. The first kappa shape index (κ1) is 21.9. The molecule has 0 saturated heterocycles. The van der Waals surface area contributed by atoms with E-state index in [4.69, 9.17) is 4.74 Å². The molecule has 1 aromatic heterocycles. The molecule has 32 heavy (non-hydrogen) atoms. The molecule has 2 heterocycles. The summed E-state index contributed by atoms with van der Waals surface area (Å²) in [6.45, 7) is 4.86. The summed E-state index contributed by atoms with van der Waals surface area (Å²) in [5.41, 5.74) is 2.07. The van der Waals surface area contributed by atoms with Crippen LogP contribution in [0.2, 0.25) is 0 Å². The fourth-order valence-electron chi connectivity index (χ4n) is 4.05. The second kappa shape index (κ2) is 9.85. The molecule has 168 valence electrons. The topological polar surface area (TPSA) is 59.4 Å². The molecule has 0 aliphatic carbocycles. The maximum atomic E-state index is 15.0. The zero-order valence-corrected chi connectivity index (χ0v) is 18.5. The highest BCUT2D eigenvalue weighted by molar-refractivity contribution is 5.83. The average molecular weight is 437 g/mol. The molecule has 0 bridgehead atoms. The first-order valence-corrected chi connectivity index (χ1v) is 11.2. The van der Waals surface area contributed by atoms with Crippen molar-refractivity contribution in [3.63, 3.8) is 0 Å². The van der Waals surface area contributed by atoms with Crippen LogP contribution in [-0.4, -0.2) is 34.4 Å². The van der Waals surface area contributed by atoms with E-state index in [-0.39, 0.29) is 17.8 Å². The number of hydrogen-bond acceptors (Lipinski definition) is 4. The second-order valence-corrected chi connectivity index (χ2v) is 8.08. The predicted octanol–water partition coefficient (Wildman–Crippen LogP) is 4.47. The van der Waals surface area contributed by atoms with Crippen molar-refractivity contribution in [1.29, 1.82) is 0 Å². The van der Waals surface area contributed by atoms with Gasteiger partial charge in [0.05, 0.1) is 17.9 Å². The number of hydrogen-bond donors (Lipinski definition) is 1. The first-order valence-electron chi connectivity index (χ1n) is 11.2. The molecule has 7 heteroatoms. The van der Waals surface area contributed by atoms with E-state index < -0.39 is 6.10 Å². The van der Waals surface area contributed by atoms with Crippen molar-refractivity contribution in [2.45, 2.75) is 51.8 Å².